The van der Waals surface area contributed by atoms with Gasteiger partial charge in [0.2, 0.25) is 0 Å². The molecular weight excluding hydrogens is 238 g/mol. The molecule has 3 rings (SSSR count). The van der Waals surface area contributed by atoms with E-state index < -0.39 is 0 Å². The van der Waals surface area contributed by atoms with E-state index in [9.17, 15) is 0 Å². The largest absolute Gasteiger partial charge is 0.463 e. The zero-order chi connectivity index (χ0) is 13.2. The fourth-order valence-electron chi connectivity index (χ4n) is 2.00. The van der Waals surface area contributed by atoms with Gasteiger partial charge in [0.05, 0.1) is 29.3 Å². The molecule has 2 heterocycles. The Bertz CT molecular complexity index is 748. The van der Waals surface area contributed by atoms with Crippen LogP contribution in [0.4, 0.5) is 0 Å². The summed E-state index contributed by atoms with van der Waals surface area (Å²) in [6.07, 6.45) is 1.63. The Hall–Kier alpha value is -2.80. The normalized spacial score (nSPS) is 10.3. The van der Waals surface area contributed by atoms with Crippen molar-refractivity contribution in [1.82, 2.24) is 9.78 Å². The molecule has 2 aromatic heterocycles. The minimum absolute atomic E-state index is 0.607. The first kappa shape index (κ1) is 11.3. The number of rotatable bonds is 2. The summed E-state index contributed by atoms with van der Waals surface area (Å²) in [6.45, 7) is 1.93. The highest BCUT2D eigenvalue weighted by atomic mass is 16.3. The van der Waals surface area contributed by atoms with Crippen molar-refractivity contribution in [3.8, 4) is 23.2 Å². The average molecular weight is 249 g/mol. The van der Waals surface area contributed by atoms with Crippen LogP contribution in [0.5, 0.6) is 0 Å². The topological polar surface area (TPSA) is 54.8 Å². The van der Waals surface area contributed by atoms with Crippen molar-refractivity contribution in [2.75, 3.05) is 0 Å². The first-order chi connectivity index (χ1) is 9.28. The van der Waals surface area contributed by atoms with Crippen LogP contribution in [0.3, 0.4) is 0 Å². The lowest BCUT2D eigenvalue weighted by Crippen LogP contribution is -1.99. The standard InChI is InChI=1S/C15H11N3O/c1-11-8-14(15-6-3-7-19-15)18(17-11)13-5-2-4-12(9-13)10-16/h2-9H,1H3. The number of nitrogens with zero attached hydrogens (tertiary/aromatic N) is 3. The van der Waals surface area contributed by atoms with Gasteiger partial charge in [0, 0.05) is 0 Å². The van der Waals surface area contributed by atoms with Gasteiger partial charge in [-0.25, -0.2) is 4.68 Å². The van der Waals surface area contributed by atoms with E-state index >= 15 is 0 Å². The van der Waals surface area contributed by atoms with E-state index in [0.29, 0.717) is 5.56 Å². The molecular formula is C15H11N3O. The maximum absolute atomic E-state index is 8.97. The van der Waals surface area contributed by atoms with Gasteiger partial charge in [-0.3, -0.25) is 0 Å². The second kappa shape index (κ2) is 4.46. The van der Waals surface area contributed by atoms with Gasteiger partial charge in [0.1, 0.15) is 5.69 Å². The second-order valence-corrected chi connectivity index (χ2v) is 4.22. The zero-order valence-corrected chi connectivity index (χ0v) is 10.4. The molecule has 0 fully saturated rings. The third-order valence-electron chi connectivity index (χ3n) is 2.82. The van der Waals surface area contributed by atoms with Crippen LogP contribution < -0.4 is 0 Å². The monoisotopic (exact) mass is 249 g/mol. The van der Waals surface area contributed by atoms with Crippen LogP contribution in [0.1, 0.15) is 11.3 Å². The molecule has 92 valence electrons. The van der Waals surface area contributed by atoms with E-state index in [1.807, 2.05) is 37.3 Å². The van der Waals surface area contributed by atoms with Gasteiger partial charge >= 0.3 is 0 Å². The molecule has 0 spiro atoms. The smallest absolute Gasteiger partial charge is 0.152 e. The van der Waals surface area contributed by atoms with Crippen LogP contribution in [0, 0.1) is 18.3 Å². The van der Waals surface area contributed by atoms with Crippen molar-refractivity contribution >= 4 is 0 Å². The first-order valence-electron chi connectivity index (χ1n) is 5.89. The summed E-state index contributed by atoms with van der Waals surface area (Å²) in [5, 5.41) is 13.4. The van der Waals surface area contributed by atoms with E-state index in [1.165, 1.54) is 0 Å². The minimum atomic E-state index is 0.607. The van der Waals surface area contributed by atoms with Gasteiger partial charge in [0.15, 0.2) is 5.76 Å². The molecule has 4 nitrogen and oxygen atoms in total. The molecule has 0 aliphatic rings. The molecule has 0 aliphatic heterocycles. The van der Waals surface area contributed by atoms with Crippen LogP contribution in [-0.4, -0.2) is 9.78 Å². The number of aromatic nitrogens is 2. The lowest BCUT2D eigenvalue weighted by Gasteiger charge is -2.05. The average Bonchev–Trinajstić information content (AvgIpc) is 3.07. The van der Waals surface area contributed by atoms with Crippen LogP contribution in [0.2, 0.25) is 0 Å². The number of nitriles is 1. The fraction of sp³-hybridized carbons (Fsp3) is 0.0667. The molecule has 0 atom stereocenters. The molecule has 0 unspecified atom stereocenters. The number of furan rings is 1. The quantitative estimate of drug-likeness (QED) is 0.700. The van der Waals surface area contributed by atoms with Gasteiger partial charge in [-0.1, -0.05) is 6.07 Å². The minimum Gasteiger partial charge on any atom is -0.463 e. The van der Waals surface area contributed by atoms with Gasteiger partial charge in [-0.2, -0.15) is 10.4 Å². The van der Waals surface area contributed by atoms with Crippen LogP contribution in [0.25, 0.3) is 17.1 Å². The molecule has 0 aliphatic carbocycles. The molecule has 19 heavy (non-hydrogen) atoms. The Kier molecular flexibility index (Phi) is 2.66. The first-order valence-corrected chi connectivity index (χ1v) is 5.89. The summed E-state index contributed by atoms with van der Waals surface area (Å²) in [7, 11) is 0. The fourth-order valence-corrected chi connectivity index (χ4v) is 2.00. The Balaban J connectivity index is 2.18. The number of hydrogen-bond acceptors (Lipinski definition) is 3. The van der Waals surface area contributed by atoms with E-state index in [1.54, 1.807) is 23.1 Å². The second-order valence-electron chi connectivity index (χ2n) is 4.22. The van der Waals surface area contributed by atoms with Gasteiger partial charge in [-0.05, 0) is 43.3 Å². The highest BCUT2D eigenvalue weighted by Gasteiger charge is 2.12. The van der Waals surface area contributed by atoms with Crippen molar-refractivity contribution < 1.29 is 4.42 Å². The summed E-state index contributed by atoms with van der Waals surface area (Å²) in [4.78, 5) is 0. The number of hydrogen-bond donors (Lipinski definition) is 0. The SMILES string of the molecule is Cc1cc(-c2ccco2)n(-c2cccc(C#N)c2)n1. The highest BCUT2D eigenvalue weighted by Crippen LogP contribution is 2.24. The number of benzene rings is 1. The van der Waals surface area contributed by atoms with Crippen molar-refractivity contribution in [2.24, 2.45) is 0 Å². The van der Waals surface area contributed by atoms with Crippen molar-refractivity contribution in [1.29, 1.82) is 5.26 Å². The van der Waals surface area contributed by atoms with Crippen molar-refractivity contribution in [3.05, 3.63) is 60.0 Å². The molecule has 0 saturated heterocycles. The summed E-state index contributed by atoms with van der Waals surface area (Å²) in [5.74, 6) is 0.753. The molecule has 1 aromatic carbocycles. The van der Waals surface area contributed by atoms with Gasteiger partial charge < -0.3 is 4.42 Å². The predicted molar refractivity (Wildman–Crippen MR) is 70.7 cm³/mol. The van der Waals surface area contributed by atoms with Crippen LogP contribution >= 0.6 is 0 Å². The third kappa shape index (κ3) is 2.02. The van der Waals surface area contributed by atoms with E-state index in [2.05, 4.69) is 11.2 Å². The molecule has 0 bridgehead atoms. The number of aryl methyl sites for hydroxylation is 1. The van der Waals surface area contributed by atoms with Gasteiger partial charge in [0.25, 0.3) is 0 Å². The molecule has 0 amide bonds. The lowest BCUT2D eigenvalue weighted by atomic mass is 10.2. The van der Waals surface area contributed by atoms with E-state index in [4.69, 9.17) is 9.68 Å². The Labute approximate surface area is 110 Å². The van der Waals surface area contributed by atoms with Crippen LogP contribution in [-0.2, 0) is 0 Å². The summed E-state index contributed by atoms with van der Waals surface area (Å²) < 4.78 is 7.21. The molecule has 0 radical (unpaired) electrons. The third-order valence-corrected chi connectivity index (χ3v) is 2.82. The molecule has 4 heteroatoms. The summed E-state index contributed by atoms with van der Waals surface area (Å²) in [6, 6.07) is 15.2. The molecule has 0 N–H and O–H groups in total. The maximum atomic E-state index is 8.97. The lowest BCUT2D eigenvalue weighted by molar-refractivity contribution is 0.577. The summed E-state index contributed by atoms with van der Waals surface area (Å²) >= 11 is 0. The Morgan fingerprint density at radius 1 is 1.21 bits per heavy atom. The highest BCUT2D eigenvalue weighted by molar-refractivity contribution is 5.57. The molecule has 3 aromatic rings. The predicted octanol–water partition coefficient (Wildman–Crippen LogP) is 3.31. The maximum Gasteiger partial charge on any atom is 0.152 e. The summed E-state index contributed by atoms with van der Waals surface area (Å²) in [5.41, 5.74) is 3.22. The van der Waals surface area contributed by atoms with E-state index in [0.717, 1.165) is 22.8 Å². The zero-order valence-electron chi connectivity index (χ0n) is 10.4. The Morgan fingerprint density at radius 3 is 2.84 bits per heavy atom. The molecule has 0 saturated carbocycles. The van der Waals surface area contributed by atoms with Crippen molar-refractivity contribution in [3.63, 3.8) is 0 Å². The van der Waals surface area contributed by atoms with Gasteiger partial charge in [-0.15, -0.1) is 0 Å². The van der Waals surface area contributed by atoms with Crippen LogP contribution in [0.15, 0.2) is 53.1 Å². The Morgan fingerprint density at radius 2 is 2.11 bits per heavy atom. The van der Waals surface area contributed by atoms with E-state index in [-0.39, 0.29) is 0 Å². The van der Waals surface area contributed by atoms with Crippen molar-refractivity contribution in [2.45, 2.75) is 6.92 Å².